The first-order valence-electron chi connectivity index (χ1n) is 6.99. The molecule has 0 bridgehead atoms. The maximum absolute atomic E-state index is 11.6. The van der Waals surface area contributed by atoms with Gasteiger partial charge in [-0.1, -0.05) is 37.1 Å². The monoisotopic (exact) mass is 306 g/mol. The van der Waals surface area contributed by atoms with E-state index in [0.29, 0.717) is 23.8 Å². The first kappa shape index (κ1) is 15.4. The molecule has 112 valence electrons. The predicted octanol–water partition coefficient (Wildman–Crippen LogP) is 3.51. The highest BCUT2D eigenvalue weighted by Gasteiger charge is 2.04. The van der Waals surface area contributed by atoms with Crippen LogP contribution in [0.3, 0.4) is 0 Å². The maximum atomic E-state index is 11.6. The van der Waals surface area contributed by atoms with Gasteiger partial charge in [0.25, 0.3) is 0 Å². The van der Waals surface area contributed by atoms with E-state index in [4.69, 9.17) is 11.6 Å². The fourth-order valence-electron chi connectivity index (χ4n) is 1.85. The van der Waals surface area contributed by atoms with Crippen LogP contribution in [0.1, 0.15) is 25.3 Å². The van der Waals surface area contributed by atoms with Gasteiger partial charge >= 0.3 is 6.03 Å². The van der Waals surface area contributed by atoms with Crippen molar-refractivity contribution in [3.05, 3.63) is 47.2 Å². The topological polar surface area (TPSA) is 59.0 Å². The van der Waals surface area contributed by atoms with Gasteiger partial charge in [-0.25, -0.2) is 4.79 Å². The van der Waals surface area contributed by atoms with Crippen molar-refractivity contribution in [1.82, 2.24) is 15.1 Å². The highest BCUT2D eigenvalue weighted by atomic mass is 35.5. The van der Waals surface area contributed by atoms with Crippen LogP contribution in [0.5, 0.6) is 0 Å². The molecule has 0 radical (unpaired) electrons. The Hall–Kier alpha value is -2.01. The molecule has 1 aromatic carbocycles. The smallest absolute Gasteiger partial charge is 0.319 e. The number of rotatable bonds is 6. The molecule has 1 aromatic heterocycles. The van der Waals surface area contributed by atoms with Gasteiger partial charge in [0.2, 0.25) is 0 Å². The fourth-order valence-corrected chi connectivity index (χ4v) is 1.97. The van der Waals surface area contributed by atoms with Crippen LogP contribution < -0.4 is 10.6 Å². The summed E-state index contributed by atoms with van der Waals surface area (Å²) in [6.45, 7) is 3.40. The van der Waals surface area contributed by atoms with Crippen molar-refractivity contribution in [1.29, 1.82) is 0 Å². The zero-order valence-corrected chi connectivity index (χ0v) is 12.7. The second-order valence-corrected chi connectivity index (χ2v) is 5.22. The van der Waals surface area contributed by atoms with Gasteiger partial charge in [0.15, 0.2) is 0 Å². The van der Waals surface area contributed by atoms with Crippen molar-refractivity contribution in [2.24, 2.45) is 0 Å². The lowest BCUT2D eigenvalue weighted by atomic mass is 10.2. The normalized spacial score (nSPS) is 10.4. The molecule has 2 N–H and O–H groups in total. The summed E-state index contributed by atoms with van der Waals surface area (Å²) in [5.41, 5.74) is 1.78. The van der Waals surface area contributed by atoms with Crippen LogP contribution in [0.15, 0.2) is 36.7 Å². The van der Waals surface area contributed by atoms with Crippen molar-refractivity contribution in [3.8, 4) is 0 Å². The zero-order valence-electron chi connectivity index (χ0n) is 12.0. The van der Waals surface area contributed by atoms with E-state index < -0.39 is 0 Å². The van der Waals surface area contributed by atoms with Gasteiger partial charge in [-0.15, -0.1) is 0 Å². The third-order valence-electron chi connectivity index (χ3n) is 2.96. The molecule has 0 fully saturated rings. The number of halogens is 1. The van der Waals surface area contributed by atoms with Crippen LogP contribution in [0.4, 0.5) is 10.5 Å². The van der Waals surface area contributed by atoms with Crippen LogP contribution in [-0.2, 0) is 6.54 Å². The largest absolute Gasteiger partial charge is 0.338 e. The number of nitrogens with zero attached hydrogens (tertiary/aromatic N) is 2. The van der Waals surface area contributed by atoms with E-state index in [1.165, 1.54) is 0 Å². The van der Waals surface area contributed by atoms with Crippen LogP contribution in [0, 0.1) is 0 Å². The third-order valence-corrected chi connectivity index (χ3v) is 3.22. The summed E-state index contributed by atoms with van der Waals surface area (Å²) in [7, 11) is 0. The molecule has 2 rings (SSSR count). The summed E-state index contributed by atoms with van der Waals surface area (Å²) < 4.78 is 1.77. The molecule has 5 nitrogen and oxygen atoms in total. The molecule has 21 heavy (non-hydrogen) atoms. The molecule has 0 spiro atoms. The van der Waals surface area contributed by atoms with Crippen molar-refractivity contribution in [2.45, 2.75) is 26.3 Å². The van der Waals surface area contributed by atoms with Gasteiger partial charge in [-0.05, 0) is 24.1 Å². The molecule has 0 atom stereocenters. The van der Waals surface area contributed by atoms with E-state index in [2.05, 4.69) is 22.7 Å². The molecule has 0 saturated carbocycles. The van der Waals surface area contributed by atoms with E-state index in [9.17, 15) is 4.79 Å². The summed E-state index contributed by atoms with van der Waals surface area (Å²) >= 11 is 5.85. The standard InChI is InChI=1S/C15H19ClN4O/c1-2-3-8-17-15(21)19-14-9-18-20(11-14)10-12-4-6-13(16)7-5-12/h4-7,9,11H,2-3,8,10H2,1H3,(H2,17,19,21). The second kappa shape index (κ2) is 7.69. The summed E-state index contributed by atoms with van der Waals surface area (Å²) in [6.07, 6.45) is 5.46. The molecule has 0 aliphatic heterocycles. The van der Waals surface area contributed by atoms with Crippen LogP contribution >= 0.6 is 11.6 Å². The number of hydrogen-bond acceptors (Lipinski definition) is 2. The molecule has 0 aliphatic rings. The average Bonchev–Trinajstić information content (AvgIpc) is 2.89. The van der Waals surface area contributed by atoms with Crippen molar-refractivity contribution >= 4 is 23.3 Å². The Kier molecular flexibility index (Phi) is 5.63. The minimum atomic E-state index is -0.200. The van der Waals surface area contributed by atoms with Crippen LogP contribution in [0.2, 0.25) is 5.02 Å². The summed E-state index contributed by atoms with van der Waals surface area (Å²) in [5.74, 6) is 0. The second-order valence-electron chi connectivity index (χ2n) is 4.79. The van der Waals surface area contributed by atoms with E-state index in [1.54, 1.807) is 17.1 Å². The highest BCUT2D eigenvalue weighted by Crippen LogP contribution is 2.12. The molecule has 2 amide bonds. The highest BCUT2D eigenvalue weighted by molar-refractivity contribution is 6.30. The molecule has 0 unspecified atom stereocenters. The van der Waals surface area contributed by atoms with Gasteiger partial charge < -0.3 is 10.6 Å². The Balaban J connectivity index is 1.86. The Labute approximate surface area is 129 Å². The van der Waals surface area contributed by atoms with Crippen molar-refractivity contribution in [2.75, 3.05) is 11.9 Å². The Morgan fingerprint density at radius 2 is 2.10 bits per heavy atom. The first-order chi connectivity index (χ1) is 10.2. The van der Waals surface area contributed by atoms with Gasteiger partial charge in [0.05, 0.1) is 18.4 Å². The lowest BCUT2D eigenvalue weighted by Gasteiger charge is -2.04. The molecule has 2 aromatic rings. The summed E-state index contributed by atoms with van der Waals surface area (Å²) in [4.78, 5) is 11.6. The maximum Gasteiger partial charge on any atom is 0.319 e. The fraction of sp³-hybridized carbons (Fsp3) is 0.333. The minimum Gasteiger partial charge on any atom is -0.338 e. The number of anilines is 1. The minimum absolute atomic E-state index is 0.200. The van der Waals surface area contributed by atoms with Crippen LogP contribution in [-0.4, -0.2) is 22.4 Å². The SMILES string of the molecule is CCCCNC(=O)Nc1cnn(Cc2ccc(Cl)cc2)c1. The quantitative estimate of drug-likeness (QED) is 0.802. The number of urea groups is 1. The van der Waals surface area contributed by atoms with Gasteiger partial charge in [-0.2, -0.15) is 5.10 Å². The number of aromatic nitrogens is 2. The zero-order chi connectivity index (χ0) is 15.1. The first-order valence-corrected chi connectivity index (χ1v) is 7.37. The lowest BCUT2D eigenvalue weighted by Crippen LogP contribution is -2.29. The number of hydrogen-bond donors (Lipinski definition) is 2. The molecular weight excluding hydrogens is 288 g/mol. The summed E-state index contributed by atoms with van der Waals surface area (Å²) in [5, 5.41) is 10.5. The van der Waals surface area contributed by atoms with Crippen molar-refractivity contribution in [3.63, 3.8) is 0 Å². The molecule has 0 saturated heterocycles. The van der Waals surface area contributed by atoms with Crippen molar-refractivity contribution < 1.29 is 4.79 Å². The van der Waals surface area contributed by atoms with E-state index in [-0.39, 0.29) is 6.03 Å². The molecule has 6 heteroatoms. The van der Waals surface area contributed by atoms with E-state index in [0.717, 1.165) is 18.4 Å². The van der Waals surface area contributed by atoms with Gasteiger partial charge in [0, 0.05) is 17.8 Å². The number of carbonyl (C=O) groups is 1. The molecular formula is C15H19ClN4O. The van der Waals surface area contributed by atoms with Gasteiger partial charge in [-0.3, -0.25) is 4.68 Å². The number of carbonyl (C=O) groups excluding carboxylic acids is 1. The predicted molar refractivity (Wildman–Crippen MR) is 84.7 cm³/mol. The summed E-state index contributed by atoms with van der Waals surface area (Å²) in [6, 6.07) is 7.40. The molecule has 1 heterocycles. The number of nitrogens with one attached hydrogen (secondary N) is 2. The Morgan fingerprint density at radius 3 is 2.81 bits per heavy atom. The number of benzene rings is 1. The average molecular weight is 307 g/mol. The molecule has 0 aliphatic carbocycles. The number of amides is 2. The number of unbranched alkanes of at least 4 members (excludes halogenated alkanes) is 1. The Bertz CT molecular complexity index is 580. The van der Waals surface area contributed by atoms with Crippen LogP contribution in [0.25, 0.3) is 0 Å². The van der Waals surface area contributed by atoms with E-state index >= 15 is 0 Å². The van der Waals surface area contributed by atoms with E-state index in [1.807, 2.05) is 24.3 Å². The third kappa shape index (κ3) is 5.11. The lowest BCUT2D eigenvalue weighted by molar-refractivity contribution is 0.252. The van der Waals surface area contributed by atoms with Gasteiger partial charge in [0.1, 0.15) is 0 Å². The Morgan fingerprint density at radius 1 is 1.33 bits per heavy atom.